The van der Waals surface area contributed by atoms with Crippen LogP contribution in [0.2, 0.25) is 5.02 Å². The molecule has 15 heavy (non-hydrogen) atoms. The van der Waals surface area contributed by atoms with E-state index in [1.807, 2.05) is 0 Å². The minimum absolute atomic E-state index is 0.0638. The lowest BCUT2D eigenvalue weighted by Gasteiger charge is -2.03. The van der Waals surface area contributed by atoms with Crippen LogP contribution in [0.4, 0.5) is 10.1 Å². The molecule has 0 aliphatic carbocycles. The van der Waals surface area contributed by atoms with Crippen LogP contribution in [0.15, 0.2) is 18.2 Å². The number of methoxy groups -OCH3 is 1. The summed E-state index contributed by atoms with van der Waals surface area (Å²) in [6, 6.07) is 3.64. The van der Waals surface area contributed by atoms with Crippen LogP contribution in [0.5, 0.6) is 0 Å². The summed E-state index contributed by atoms with van der Waals surface area (Å²) in [6.45, 7) is 0. The lowest BCUT2D eigenvalue weighted by molar-refractivity contribution is -0.150. The largest absolute Gasteiger partial charge is 0.462 e. The standard InChI is InChI=1S/C9H7ClFNO3/c1-15-9(14)8(13)12-5-2-3-6(10)7(11)4-5/h2-4H,1H3,(H,12,13). The van der Waals surface area contributed by atoms with Gasteiger partial charge in [-0.15, -0.1) is 0 Å². The van der Waals surface area contributed by atoms with Crippen LogP contribution < -0.4 is 5.32 Å². The van der Waals surface area contributed by atoms with Gasteiger partial charge in [-0.25, -0.2) is 9.18 Å². The minimum atomic E-state index is -1.05. The second kappa shape index (κ2) is 4.75. The van der Waals surface area contributed by atoms with E-state index < -0.39 is 17.7 Å². The highest BCUT2D eigenvalue weighted by Crippen LogP contribution is 2.18. The van der Waals surface area contributed by atoms with Gasteiger partial charge in [-0.1, -0.05) is 11.6 Å². The van der Waals surface area contributed by atoms with Crippen molar-refractivity contribution in [2.75, 3.05) is 12.4 Å². The molecule has 0 aromatic heterocycles. The van der Waals surface area contributed by atoms with Crippen molar-refractivity contribution >= 4 is 29.2 Å². The molecule has 1 rings (SSSR count). The van der Waals surface area contributed by atoms with E-state index in [0.29, 0.717) is 0 Å². The molecule has 0 saturated heterocycles. The van der Waals surface area contributed by atoms with E-state index in [2.05, 4.69) is 10.1 Å². The number of esters is 1. The van der Waals surface area contributed by atoms with Crippen LogP contribution in [0, 0.1) is 5.82 Å². The van der Waals surface area contributed by atoms with Crippen LogP contribution in [0.3, 0.4) is 0 Å². The van der Waals surface area contributed by atoms with E-state index in [9.17, 15) is 14.0 Å². The molecule has 0 fully saturated rings. The summed E-state index contributed by atoms with van der Waals surface area (Å²) in [5.74, 6) is -2.70. The van der Waals surface area contributed by atoms with Crippen LogP contribution in [0.1, 0.15) is 0 Å². The topological polar surface area (TPSA) is 55.4 Å². The monoisotopic (exact) mass is 231 g/mol. The summed E-state index contributed by atoms with van der Waals surface area (Å²) in [4.78, 5) is 21.7. The van der Waals surface area contributed by atoms with Gasteiger partial charge in [0.2, 0.25) is 0 Å². The molecule has 0 spiro atoms. The number of ether oxygens (including phenoxy) is 1. The smallest absolute Gasteiger partial charge is 0.396 e. The van der Waals surface area contributed by atoms with Crippen molar-refractivity contribution < 1.29 is 18.7 Å². The van der Waals surface area contributed by atoms with E-state index in [0.717, 1.165) is 13.2 Å². The van der Waals surface area contributed by atoms with Gasteiger partial charge in [-0.3, -0.25) is 4.79 Å². The second-order valence-corrected chi connectivity index (χ2v) is 2.98. The number of rotatable bonds is 1. The van der Waals surface area contributed by atoms with Crippen molar-refractivity contribution in [1.82, 2.24) is 0 Å². The molecular weight excluding hydrogens is 225 g/mol. The number of hydrogen-bond donors (Lipinski definition) is 1. The predicted octanol–water partition coefficient (Wildman–Crippen LogP) is 1.59. The van der Waals surface area contributed by atoms with Gasteiger partial charge in [0.05, 0.1) is 12.1 Å². The maximum atomic E-state index is 12.9. The molecule has 0 saturated carbocycles. The van der Waals surface area contributed by atoms with Gasteiger partial charge < -0.3 is 10.1 Å². The highest BCUT2D eigenvalue weighted by molar-refractivity contribution is 6.37. The highest BCUT2D eigenvalue weighted by atomic mass is 35.5. The predicted molar refractivity (Wildman–Crippen MR) is 52.1 cm³/mol. The first-order valence-corrected chi connectivity index (χ1v) is 4.26. The Kier molecular flexibility index (Phi) is 3.62. The van der Waals surface area contributed by atoms with E-state index >= 15 is 0 Å². The Balaban J connectivity index is 2.77. The van der Waals surface area contributed by atoms with Gasteiger partial charge in [0, 0.05) is 5.69 Å². The third-order valence-corrected chi connectivity index (χ3v) is 1.85. The maximum Gasteiger partial charge on any atom is 0.396 e. The molecule has 1 aromatic rings. The number of halogens is 2. The van der Waals surface area contributed by atoms with Crippen LogP contribution in [0.25, 0.3) is 0 Å². The fourth-order valence-corrected chi connectivity index (χ4v) is 0.966. The molecule has 0 bridgehead atoms. The van der Waals surface area contributed by atoms with Crippen molar-refractivity contribution in [2.45, 2.75) is 0 Å². The zero-order valence-corrected chi connectivity index (χ0v) is 8.47. The van der Waals surface area contributed by atoms with E-state index in [1.165, 1.54) is 12.1 Å². The van der Waals surface area contributed by atoms with Crippen molar-refractivity contribution in [2.24, 2.45) is 0 Å². The average molecular weight is 232 g/mol. The molecule has 0 aliphatic rings. The van der Waals surface area contributed by atoms with Crippen molar-refractivity contribution in [1.29, 1.82) is 0 Å². The lowest BCUT2D eigenvalue weighted by Crippen LogP contribution is -2.23. The normalized spacial score (nSPS) is 9.53. The Bertz CT molecular complexity index is 408. The van der Waals surface area contributed by atoms with Crippen LogP contribution >= 0.6 is 11.6 Å². The molecule has 4 nitrogen and oxygen atoms in total. The van der Waals surface area contributed by atoms with Crippen LogP contribution in [-0.2, 0) is 14.3 Å². The molecule has 0 radical (unpaired) electrons. The summed E-state index contributed by atoms with van der Waals surface area (Å²) < 4.78 is 17.1. The molecule has 0 atom stereocenters. The maximum absolute atomic E-state index is 12.9. The van der Waals surface area contributed by atoms with Gasteiger partial charge in [0.1, 0.15) is 5.82 Å². The Labute approximate surface area is 90.0 Å². The van der Waals surface area contributed by atoms with Gasteiger partial charge in [-0.05, 0) is 18.2 Å². The van der Waals surface area contributed by atoms with Gasteiger partial charge in [0.15, 0.2) is 0 Å². The number of anilines is 1. The van der Waals surface area contributed by atoms with E-state index in [-0.39, 0.29) is 10.7 Å². The molecule has 1 aromatic carbocycles. The van der Waals surface area contributed by atoms with E-state index in [4.69, 9.17) is 11.6 Å². The molecule has 80 valence electrons. The number of carbonyl (C=O) groups is 2. The summed E-state index contributed by atoms with van der Waals surface area (Å²) in [5.41, 5.74) is 0.132. The third-order valence-electron chi connectivity index (χ3n) is 1.55. The van der Waals surface area contributed by atoms with Crippen molar-refractivity contribution in [3.05, 3.63) is 29.0 Å². The quantitative estimate of drug-likeness (QED) is 0.590. The fraction of sp³-hybridized carbons (Fsp3) is 0.111. The number of amides is 1. The van der Waals surface area contributed by atoms with Gasteiger partial charge in [-0.2, -0.15) is 0 Å². The Morgan fingerprint density at radius 2 is 2.13 bits per heavy atom. The van der Waals surface area contributed by atoms with Crippen molar-refractivity contribution in [3.63, 3.8) is 0 Å². The van der Waals surface area contributed by atoms with Gasteiger partial charge >= 0.3 is 11.9 Å². The first kappa shape index (κ1) is 11.5. The lowest BCUT2D eigenvalue weighted by atomic mass is 10.3. The molecule has 6 heteroatoms. The molecule has 0 unspecified atom stereocenters. The molecule has 1 N–H and O–H groups in total. The number of carbonyl (C=O) groups excluding carboxylic acids is 2. The molecular formula is C9H7ClFNO3. The molecule has 0 heterocycles. The zero-order chi connectivity index (χ0) is 11.4. The zero-order valence-electron chi connectivity index (χ0n) is 7.71. The fourth-order valence-electron chi connectivity index (χ4n) is 0.849. The molecule has 0 aliphatic heterocycles. The van der Waals surface area contributed by atoms with Gasteiger partial charge in [0.25, 0.3) is 0 Å². The molecule has 1 amide bonds. The summed E-state index contributed by atoms with van der Waals surface area (Å²) in [6.07, 6.45) is 0. The third kappa shape index (κ3) is 2.92. The SMILES string of the molecule is COC(=O)C(=O)Nc1ccc(Cl)c(F)c1. The summed E-state index contributed by atoms with van der Waals surface area (Å²) in [7, 11) is 1.07. The first-order chi connectivity index (χ1) is 7.04. The second-order valence-electron chi connectivity index (χ2n) is 2.57. The van der Waals surface area contributed by atoms with Crippen molar-refractivity contribution in [3.8, 4) is 0 Å². The number of hydrogen-bond acceptors (Lipinski definition) is 3. The summed E-state index contributed by atoms with van der Waals surface area (Å²) >= 11 is 5.43. The van der Waals surface area contributed by atoms with Crippen LogP contribution in [-0.4, -0.2) is 19.0 Å². The Morgan fingerprint density at radius 1 is 1.47 bits per heavy atom. The Morgan fingerprint density at radius 3 is 2.67 bits per heavy atom. The Hall–Kier alpha value is -1.62. The number of nitrogens with one attached hydrogen (secondary N) is 1. The highest BCUT2D eigenvalue weighted by Gasteiger charge is 2.14. The summed E-state index contributed by atoms with van der Waals surface area (Å²) in [5, 5.41) is 2.08. The average Bonchev–Trinajstić information content (AvgIpc) is 2.22. The van der Waals surface area contributed by atoms with E-state index in [1.54, 1.807) is 0 Å². The number of benzene rings is 1. The minimum Gasteiger partial charge on any atom is -0.462 e. The first-order valence-electron chi connectivity index (χ1n) is 3.89.